The molecule has 1 aliphatic heterocycles. The lowest BCUT2D eigenvalue weighted by atomic mass is 10.0. The van der Waals surface area contributed by atoms with Crippen molar-refractivity contribution in [1.29, 1.82) is 0 Å². The molecule has 0 bridgehead atoms. The Balaban J connectivity index is 1.79. The minimum absolute atomic E-state index is 0.0814. The Labute approximate surface area is 190 Å². The molecule has 0 fully saturated rings. The first kappa shape index (κ1) is 23.9. The van der Waals surface area contributed by atoms with Crippen LogP contribution in [0.1, 0.15) is 49.2 Å². The van der Waals surface area contributed by atoms with Crippen molar-refractivity contribution in [3.8, 4) is 0 Å². The van der Waals surface area contributed by atoms with Crippen molar-refractivity contribution >= 4 is 21.8 Å². The lowest BCUT2D eigenvalue weighted by Gasteiger charge is -2.28. The number of fused-ring (bicyclic) bond motifs is 1. The molecule has 1 N–H and O–H groups in total. The van der Waals surface area contributed by atoms with Crippen molar-refractivity contribution in [3.05, 3.63) is 65.2 Å². The number of hydrogen-bond acceptors (Lipinski definition) is 4. The quantitative estimate of drug-likeness (QED) is 0.723. The van der Waals surface area contributed by atoms with Gasteiger partial charge in [0.2, 0.25) is 15.9 Å². The summed E-state index contributed by atoms with van der Waals surface area (Å²) in [6.45, 7) is 8.34. The predicted octanol–water partition coefficient (Wildman–Crippen LogP) is 2.81. The second-order valence-electron chi connectivity index (χ2n) is 9.00. The van der Waals surface area contributed by atoms with E-state index in [0.29, 0.717) is 26.1 Å². The minimum Gasteiger partial charge on any atom is -0.350 e. The van der Waals surface area contributed by atoms with Gasteiger partial charge in [0.1, 0.15) is 0 Å². The van der Waals surface area contributed by atoms with Gasteiger partial charge in [-0.15, -0.1) is 0 Å². The highest BCUT2D eigenvalue weighted by molar-refractivity contribution is 7.89. The first-order chi connectivity index (χ1) is 15.0. The van der Waals surface area contributed by atoms with Crippen LogP contribution in [-0.2, 0) is 27.8 Å². The zero-order valence-electron chi connectivity index (χ0n) is 19.1. The van der Waals surface area contributed by atoms with E-state index in [1.807, 2.05) is 45.0 Å². The molecule has 0 spiro atoms. The fourth-order valence-corrected chi connectivity index (χ4v) is 5.22. The van der Waals surface area contributed by atoms with Gasteiger partial charge in [-0.05, 0) is 63.4 Å². The highest BCUT2D eigenvalue weighted by Crippen LogP contribution is 2.25. The summed E-state index contributed by atoms with van der Waals surface area (Å²) >= 11 is 0. The number of carbonyl (C=O) groups excluding carboxylic acids is 2. The van der Waals surface area contributed by atoms with E-state index in [2.05, 4.69) is 5.32 Å². The molecule has 32 heavy (non-hydrogen) atoms. The van der Waals surface area contributed by atoms with E-state index < -0.39 is 15.6 Å². The summed E-state index contributed by atoms with van der Waals surface area (Å²) in [5.41, 5.74) is 2.00. The average molecular weight is 458 g/mol. The van der Waals surface area contributed by atoms with Gasteiger partial charge in [0, 0.05) is 30.7 Å². The summed E-state index contributed by atoms with van der Waals surface area (Å²) < 4.78 is 28.0. The summed E-state index contributed by atoms with van der Waals surface area (Å²) in [5.74, 6) is -0.638. The van der Waals surface area contributed by atoms with E-state index in [1.165, 1.54) is 21.3 Å². The Hall–Kier alpha value is -2.71. The molecular weight excluding hydrogens is 426 g/mol. The van der Waals surface area contributed by atoms with E-state index in [0.717, 1.165) is 11.1 Å². The summed E-state index contributed by atoms with van der Waals surface area (Å²) in [6.07, 6.45) is 0.653. The Morgan fingerprint density at radius 1 is 1.06 bits per heavy atom. The first-order valence-electron chi connectivity index (χ1n) is 10.8. The summed E-state index contributed by atoms with van der Waals surface area (Å²) in [7, 11) is -3.76. The zero-order chi connectivity index (χ0) is 23.5. The molecule has 0 unspecified atom stereocenters. The van der Waals surface area contributed by atoms with Crippen LogP contribution >= 0.6 is 0 Å². The smallest absolute Gasteiger partial charge is 0.254 e. The van der Waals surface area contributed by atoms with Crippen molar-refractivity contribution in [3.63, 3.8) is 0 Å². The van der Waals surface area contributed by atoms with Crippen LogP contribution in [0.25, 0.3) is 0 Å². The Kier molecular flexibility index (Phi) is 7.05. The molecule has 8 heteroatoms. The monoisotopic (exact) mass is 457 g/mol. The van der Waals surface area contributed by atoms with E-state index in [1.54, 1.807) is 19.1 Å². The number of nitrogens with one attached hydrogen (secondary N) is 1. The largest absolute Gasteiger partial charge is 0.350 e. The maximum absolute atomic E-state index is 13.3. The molecule has 0 saturated heterocycles. The summed E-state index contributed by atoms with van der Waals surface area (Å²) in [4.78, 5) is 26.8. The molecule has 0 radical (unpaired) electrons. The number of sulfonamides is 1. The Morgan fingerprint density at radius 2 is 1.75 bits per heavy atom. The lowest BCUT2D eigenvalue weighted by Crippen LogP contribution is -2.47. The van der Waals surface area contributed by atoms with E-state index in [4.69, 9.17) is 0 Å². The van der Waals surface area contributed by atoms with Crippen LogP contribution < -0.4 is 5.32 Å². The first-order valence-corrected chi connectivity index (χ1v) is 12.2. The molecule has 1 aliphatic rings. The van der Waals surface area contributed by atoms with Gasteiger partial charge in [-0.25, -0.2) is 8.42 Å². The molecule has 0 saturated carbocycles. The van der Waals surface area contributed by atoms with Gasteiger partial charge in [0.05, 0.1) is 11.4 Å². The third-order valence-electron chi connectivity index (χ3n) is 5.33. The lowest BCUT2D eigenvalue weighted by molar-refractivity contribution is -0.123. The van der Waals surface area contributed by atoms with Gasteiger partial charge in [0.15, 0.2) is 0 Å². The molecular formula is C24H31N3O4S. The topological polar surface area (TPSA) is 86.8 Å². The van der Waals surface area contributed by atoms with Gasteiger partial charge < -0.3 is 10.2 Å². The van der Waals surface area contributed by atoms with Gasteiger partial charge in [-0.2, -0.15) is 4.31 Å². The number of carbonyl (C=O) groups is 2. The summed E-state index contributed by atoms with van der Waals surface area (Å²) in [5, 5.41) is 2.84. The van der Waals surface area contributed by atoms with Crippen LogP contribution in [0, 0.1) is 0 Å². The predicted molar refractivity (Wildman–Crippen MR) is 124 cm³/mol. The van der Waals surface area contributed by atoms with Gasteiger partial charge in [-0.1, -0.05) is 30.3 Å². The van der Waals surface area contributed by atoms with Crippen molar-refractivity contribution in [2.45, 2.75) is 51.1 Å². The van der Waals surface area contributed by atoms with Crippen LogP contribution in [-0.4, -0.2) is 54.6 Å². The maximum Gasteiger partial charge on any atom is 0.254 e. The Morgan fingerprint density at radius 3 is 2.41 bits per heavy atom. The van der Waals surface area contributed by atoms with E-state index in [9.17, 15) is 18.0 Å². The second-order valence-corrected chi connectivity index (χ2v) is 10.9. The van der Waals surface area contributed by atoms with Crippen LogP contribution in [0.4, 0.5) is 0 Å². The number of amides is 2. The fraction of sp³-hybridized carbons (Fsp3) is 0.417. The highest BCUT2D eigenvalue weighted by atomic mass is 32.2. The van der Waals surface area contributed by atoms with Crippen LogP contribution in [0.3, 0.4) is 0 Å². The maximum atomic E-state index is 13.3. The van der Waals surface area contributed by atoms with Crippen molar-refractivity contribution < 1.29 is 18.0 Å². The second kappa shape index (κ2) is 9.42. The third kappa shape index (κ3) is 5.55. The van der Waals surface area contributed by atoms with Gasteiger partial charge in [-0.3, -0.25) is 9.59 Å². The average Bonchev–Trinajstić information content (AvgIpc) is 2.75. The SMILES string of the molecule is CCN(CC(=O)NC(C)(C)C)C(=O)c1cccc(S(=O)(=O)N2CCc3ccccc3C2)c1. The zero-order valence-corrected chi connectivity index (χ0v) is 19.9. The van der Waals surface area contributed by atoms with Crippen molar-refractivity contribution in [1.82, 2.24) is 14.5 Å². The normalized spacial score (nSPS) is 14.5. The van der Waals surface area contributed by atoms with Crippen LogP contribution in [0.2, 0.25) is 0 Å². The number of nitrogens with zero attached hydrogens (tertiary/aromatic N) is 2. The highest BCUT2D eigenvalue weighted by Gasteiger charge is 2.29. The molecule has 2 aromatic carbocycles. The number of hydrogen-bond donors (Lipinski definition) is 1. The van der Waals surface area contributed by atoms with E-state index in [-0.39, 0.29) is 28.8 Å². The molecule has 0 atom stereocenters. The van der Waals surface area contributed by atoms with Gasteiger partial charge >= 0.3 is 0 Å². The molecule has 0 aromatic heterocycles. The molecule has 172 valence electrons. The number of likely N-dealkylation sites (N-methyl/N-ethyl adjacent to an activating group) is 1. The van der Waals surface area contributed by atoms with Crippen molar-refractivity contribution in [2.24, 2.45) is 0 Å². The van der Waals surface area contributed by atoms with Crippen molar-refractivity contribution in [2.75, 3.05) is 19.6 Å². The standard InChI is InChI=1S/C24H31N3O4S/c1-5-26(17-22(28)25-24(2,3)4)23(29)19-11-8-12-21(15-19)32(30,31)27-14-13-18-9-6-7-10-20(18)16-27/h6-12,15H,5,13-14,16-17H2,1-4H3,(H,25,28). The molecule has 0 aliphatic carbocycles. The summed E-state index contributed by atoms with van der Waals surface area (Å²) in [6, 6.07) is 13.9. The molecule has 3 rings (SSSR count). The van der Waals surface area contributed by atoms with E-state index >= 15 is 0 Å². The van der Waals surface area contributed by atoms with Gasteiger partial charge in [0.25, 0.3) is 5.91 Å². The van der Waals surface area contributed by atoms with Crippen LogP contribution in [0.5, 0.6) is 0 Å². The Bertz CT molecular complexity index is 1110. The third-order valence-corrected chi connectivity index (χ3v) is 7.17. The minimum atomic E-state index is -3.76. The number of rotatable bonds is 6. The van der Waals surface area contributed by atoms with Crippen LogP contribution in [0.15, 0.2) is 53.4 Å². The molecule has 7 nitrogen and oxygen atoms in total. The molecule has 2 aromatic rings. The molecule has 2 amide bonds. The molecule has 1 heterocycles. The number of benzene rings is 2. The fourth-order valence-electron chi connectivity index (χ4n) is 3.75.